The van der Waals surface area contributed by atoms with Gasteiger partial charge in [0.15, 0.2) is 0 Å². The van der Waals surface area contributed by atoms with Crippen LogP contribution in [-0.4, -0.2) is 53.5 Å². The van der Waals surface area contributed by atoms with E-state index in [2.05, 4.69) is 10.6 Å². The zero-order valence-corrected chi connectivity index (χ0v) is 11.2. The normalized spacial score (nSPS) is 13.5. The first-order valence-corrected chi connectivity index (χ1v) is 5.85. The Morgan fingerprint density at radius 3 is 2.16 bits per heavy atom. The monoisotopic (exact) mass is 276 g/mol. The van der Waals surface area contributed by atoms with E-state index in [4.69, 9.17) is 14.9 Å². The SMILES string of the molecule is CC(C)COC(=O)NC(CO)C(=O)NC(C)C(=O)O. The maximum Gasteiger partial charge on any atom is 0.407 e. The van der Waals surface area contributed by atoms with Gasteiger partial charge in [0, 0.05) is 0 Å². The summed E-state index contributed by atoms with van der Waals surface area (Å²) in [6.45, 7) is 4.48. The second-order valence-corrected chi connectivity index (χ2v) is 4.44. The van der Waals surface area contributed by atoms with Crippen molar-refractivity contribution >= 4 is 18.0 Å². The minimum atomic E-state index is -1.25. The molecule has 0 radical (unpaired) electrons. The van der Waals surface area contributed by atoms with Crippen molar-refractivity contribution in [2.45, 2.75) is 32.9 Å². The molecule has 0 aromatic carbocycles. The quantitative estimate of drug-likeness (QED) is 0.488. The third-order valence-electron chi connectivity index (χ3n) is 2.07. The number of carbonyl (C=O) groups excluding carboxylic acids is 2. The minimum Gasteiger partial charge on any atom is -0.480 e. The van der Waals surface area contributed by atoms with Crippen molar-refractivity contribution in [3.8, 4) is 0 Å². The Balaban J connectivity index is 4.29. The molecular formula is C11H20N2O6. The molecule has 0 aromatic heterocycles. The summed E-state index contributed by atoms with van der Waals surface area (Å²) in [7, 11) is 0. The summed E-state index contributed by atoms with van der Waals surface area (Å²) in [6.07, 6.45) is -0.842. The van der Waals surface area contributed by atoms with Gasteiger partial charge in [0.1, 0.15) is 12.1 Å². The largest absolute Gasteiger partial charge is 0.480 e. The fourth-order valence-corrected chi connectivity index (χ4v) is 0.996. The molecule has 0 saturated heterocycles. The fourth-order valence-electron chi connectivity index (χ4n) is 0.996. The number of aliphatic hydroxyl groups is 1. The standard InChI is InChI=1S/C11H20N2O6/c1-6(2)5-19-11(18)13-8(4-14)9(15)12-7(3)10(16)17/h6-8,14H,4-5H2,1-3H3,(H,12,15)(H,13,18)(H,16,17). The van der Waals surface area contributed by atoms with Crippen LogP contribution in [0.5, 0.6) is 0 Å². The summed E-state index contributed by atoms with van der Waals surface area (Å²) in [5, 5.41) is 21.9. The summed E-state index contributed by atoms with van der Waals surface area (Å²) in [4.78, 5) is 33.4. The van der Waals surface area contributed by atoms with Gasteiger partial charge in [-0.15, -0.1) is 0 Å². The average Bonchev–Trinajstić information content (AvgIpc) is 2.32. The minimum absolute atomic E-state index is 0.138. The van der Waals surface area contributed by atoms with E-state index in [9.17, 15) is 14.4 Å². The van der Waals surface area contributed by atoms with E-state index >= 15 is 0 Å². The van der Waals surface area contributed by atoms with Crippen molar-refractivity contribution in [2.75, 3.05) is 13.2 Å². The van der Waals surface area contributed by atoms with Crippen LogP contribution in [-0.2, 0) is 14.3 Å². The second kappa shape index (κ2) is 8.30. The van der Waals surface area contributed by atoms with Gasteiger partial charge in [0.05, 0.1) is 13.2 Å². The second-order valence-electron chi connectivity index (χ2n) is 4.44. The highest BCUT2D eigenvalue weighted by Crippen LogP contribution is 1.94. The van der Waals surface area contributed by atoms with Crippen molar-refractivity contribution in [3.63, 3.8) is 0 Å². The number of carbonyl (C=O) groups is 3. The van der Waals surface area contributed by atoms with Crippen molar-refractivity contribution in [1.82, 2.24) is 10.6 Å². The Morgan fingerprint density at radius 1 is 1.16 bits per heavy atom. The molecule has 2 amide bonds. The number of ether oxygens (including phenoxy) is 1. The molecule has 0 aliphatic heterocycles. The predicted octanol–water partition coefficient (Wildman–Crippen LogP) is -0.681. The molecule has 0 heterocycles. The van der Waals surface area contributed by atoms with Gasteiger partial charge in [-0.05, 0) is 12.8 Å². The zero-order chi connectivity index (χ0) is 15.0. The number of alkyl carbamates (subject to hydrolysis) is 1. The van der Waals surface area contributed by atoms with Crippen molar-refractivity contribution < 1.29 is 29.3 Å². The van der Waals surface area contributed by atoms with E-state index < -0.39 is 36.7 Å². The van der Waals surface area contributed by atoms with Crippen LogP contribution in [0.4, 0.5) is 4.79 Å². The highest BCUT2D eigenvalue weighted by atomic mass is 16.5. The molecule has 0 aliphatic rings. The first-order chi connectivity index (χ1) is 8.77. The average molecular weight is 276 g/mol. The van der Waals surface area contributed by atoms with E-state index in [1.54, 1.807) is 0 Å². The van der Waals surface area contributed by atoms with Crippen LogP contribution in [0.2, 0.25) is 0 Å². The summed E-state index contributed by atoms with van der Waals surface area (Å²) < 4.78 is 4.78. The molecule has 0 rings (SSSR count). The first kappa shape index (κ1) is 17.2. The third-order valence-corrected chi connectivity index (χ3v) is 2.07. The number of aliphatic carboxylic acids is 1. The van der Waals surface area contributed by atoms with E-state index in [1.165, 1.54) is 6.92 Å². The van der Waals surface area contributed by atoms with Crippen LogP contribution in [0.15, 0.2) is 0 Å². The topological polar surface area (TPSA) is 125 Å². The first-order valence-electron chi connectivity index (χ1n) is 5.85. The molecule has 2 unspecified atom stereocenters. The lowest BCUT2D eigenvalue weighted by molar-refractivity contribution is -0.141. The van der Waals surface area contributed by atoms with E-state index in [1.807, 2.05) is 13.8 Å². The number of aliphatic hydroxyl groups excluding tert-OH is 1. The molecule has 0 bridgehead atoms. The summed E-state index contributed by atoms with van der Waals surface area (Å²) in [5.74, 6) is -1.87. The van der Waals surface area contributed by atoms with Crippen LogP contribution in [0, 0.1) is 5.92 Å². The van der Waals surface area contributed by atoms with Crippen molar-refractivity contribution in [2.24, 2.45) is 5.92 Å². The highest BCUT2D eigenvalue weighted by molar-refractivity contribution is 5.89. The van der Waals surface area contributed by atoms with Crippen LogP contribution >= 0.6 is 0 Å². The lowest BCUT2D eigenvalue weighted by Gasteiger charge is -2.18. The lowest BCUT2D eigenvalue weighted by atomic mass is 10.2. The fraction of sp³-hybridized carbons (Fsp3) is 0.727. The Kier molecular flexibility index (Phi) is 7.50. The molecule has 8 heteroatoms. The predicted molar refractivity (Wildman–Crippen MR) is 65.4 cm³/mol. The molecule has 0 spiro atoms. The van der Waals surface area contributed by atoms with Crippen molar-refractivity contribution in [3.05, 3.63) is 0 Å². The highest BCUT2D eigenvalue weighted by Gasteiger charge is 2.24. The Hall–Kier alpha value is -1.83. The molecule has 19 heavy (non-hydrogen) atoms. The molecule has 8 nitrogen and oxygen atoms in total. The summed E-state index contributed by atoms with van der Waals surface area (Å²) in [6, 6.07) is -2.36. The van der Waals surface area contributed by atoms with Crippen LogP contribution < -0.4 is 10.6 Å². The summed E-state index contributed by atoms with van der Waals surface area (Å²) >= 11 is 0. The molecule has 0 aromatic rings. The van der Waals surface area contributed by atoms with Gasteiger partial charge >= 0.3 is 12.1 Å². The van der Waals surface area contributed by atoms with Gasteiger partial charge in [-0.1, -0.05) is 13.8 Å². The van der Waals surface area contributed by atoms with E-state index in [-0.39, 0.29) is 12.5 Å². The van der Waals surface area contributed by atoms with Crippen LogP contribution in [0.1, 0.15) is 20.8 Å². The number of rotatable bonds is 7. The smallest absolute Gasteiger partial charge is 0.407 e. The molecule has 4 N–H and O–H groups in total. The van der Waals surface area contributed by atoms with E-state index in [0.29, 0.717) is 0 Å². The number of carboxylic acid groups (broad SMARTS) is 1. The number of amides is 2. The third kappa shape index (κ3) is 7.24. The Morgan fingerprint density at radius 2 is 1.74 bits per heavy atom. The number of hydrogen-bond acceptors (Lipinski definition) is 5. The lowest BCUT2D eigenvalue weighted by Crippen LogP contribution is -2.52. The van der Waals surface area contributed by atoms with Gasteiger partial charge in [0.2, 0.25) is 5.91 Å². The van der Waals surface area contributed by atoms with Crippen molar-refractivity contribution in [1.29, 1.82) is 0 Å². The van der Waals surface area contributed by atoms with Gasteiger partial charge in [-0.3, -0.25) is 9.59 Å². The molecule has 0 fully saturated rings. The number of carboxylic acids is 1. The number of nitrogens with one attached hydrogen (secondary N) is 2. The molecular weight excluding hydrogens is 256 g/mol. The molecule has 110 valence electrons. The van der Waals surface area contributed by atoms with Gasteiger partial charge in [-0.25, -0.2) is 4.79 Å². The number of hydrogen-bond donors (Lipinski definition) is 4. The maximum atomic E-state index is 11.6. The van der Waals surface area contributed by atoms with Gasteiger partial charge in [-0.2, -0.15) is 0 Å². The Bertz CT molecular complexity index is 331. The van der Waals surface area contributed by atoms with Gasteiger partial charge in [0.25, 0.3) is 0 Å². The zero-order valence-electron chi connectivity index (χ0n) is 11.2. The molecule has 0 saturated carbocycles. The molecule has 0 aliphatic carbocycles. The van der Waals surface area contributed by atoms with Crippen LogP contribution in [0.25, 0.3) is 0 Å². The Labute approximate surface area is 111 Å². The maximum absolute atomic E-state index is 11.6. The summed E-state index contributed by atoms with van der Waals surface area (Å²) in [5.41, 5.74) is 0. The molecule has 2 atom stereocenters. The van der Waals surface area contributed by atoms with E-state index in [0.717, 1.165) is 0 Å². The van der Waals surface area contributed by atoms with Crippen LogP contribution in [0.3, 0.4) is 0 Å². The van der Waals surface area contributed by atoms with Gasteiger partial charge < -0.3 is 25.6 Å².